The molecule has 6 heteroatoms. The first kappa shape index (κ1) is 13.2. The van der Waals surface area contributed by atoms with Crippen LogP contribution < -0.4 is 19.5 Å². The molecule has 0 saturated heterocycles. The number of hydrogen-bond acceptors (Lipinski definition) is 6. The fraction of sp³-hybridized carbons (Fsp3) is 0.357. The van der Waals surface area contributed by atoms with Crippen LogP contribution in [0.4, 0.5) is 0 Å². The SMILES string of the molecule is CNCc1cc2c(cc1OCc1nc(C)cs1)OCO2. The van der Waals surface area contributed by atoms with Crippen LogP contribution in [0.15, 0.2) is 17.5 Å². The minimum absolute atomic E-state index is 0.267. The maximum Gasteiger partial charge on any atom is 0.231 e. The molecule has 0 atom stereocenters. The second kappa shape index (κ2) is 5.68. The van der Waals surface area contributed by atoms with Crippen molar-refractivity contribution in [1.82, 2.24) is 10.3 Å². The average molecular weight is 292 g/mol. The molecule has 1 aromatic heterocycles. The fourth-order valence-corrected chi connectivity index (χ4v) is 2.72. The van der Waals surface area contributed by atoms with Crippen molar-refractivity contribution in [3.63, 3.8) is 0 Å². The van der Waals surface area contributed by atoms with Gasteiger partial charge in [-0.3, -0.25) is 0 Å². The molecule has 1 aliphatic rings. The van der Waals surface area contributed by atoms with E-state index in [1.165, 1.54) is 0 Å². The van der Waals surface area contributed by atoms with Gasteiger partial charge in [-0.15, -0.1) is 11.3 Å². The molecule has 3 rings (SSSR count). The summed E-state index contributed by atoms with van der Waals surface area (Å²) in [6.07, 6.45) is 0. The highest BCUT2D eigenvalue weighted by atomic mass is 32.1. The largest absolute Gasteiger partial charge is 0.486 e. The van der Waals surface area contributed by atoms with E-state index >= 15 is 0 Å². The number of benzene rings is 1. The summed E-state index contributed by atoms with van der Waals surface area (Å²) in [4.78, 5) is 4.40. The van der Waals surface area contributed by atoms with Crippen LogP contribution >= 0.6 is 11.3 Å². The zero-order valence-electron chi connectivity index (χ0n) is 11.4. The van der Waals surface area contributed by atoms with E-state index in [9.17, 15) is 0 Å². The van der Waals surface area contributed by atoms with Crippen LogP contribution in [0.3, 0.4) is 0 Å². The Bertz CT molecular complexity index is 612. The molecule has 106 valence electrons. The molecule has 0 fully saturated rings. The van der Waals surface area contributed by atoms with Gasteiger partial charge in [0.25, 0.3) is 0 Å². The standard InChI is InChI=1S/C14H16N2O3S/c1-9-7-20-14(16-9)6-17-11-4-13-12(18-8-19-13)3-10(11)5-15-2/h3-4,7,15H,5-6,8H2,1-2H3. The topological polar surface area (TPSA) is 52.6 Å². The fourth-order valence-electron chi connectivity index (χ4n) is 2.04. The van der Waals surface area contributed by atoms with Gasteiger partial charge in [0.1, 0.15) is 17.4 Å². The van der Waals surface area contributed by atoms with E-state index in [1.54, 1.807) is 11.3 Å². The smallest absolute Gasteiger partial charge is 0.231 e. The Morgan fingerprint density at radius 1 is 1.35 bits per heavy atom. The third-order valence-electron chi connectivity index (χ3n) is 2.94. The zero-order valence-corrected chi connectivity index (χ0v) is 12.3. The predicted molar refractivity (Wildman–Crippen MR) is 76.5 cm³/mol. The van der Waals surface area contributed by atoms with Crippen molar-refractivity contribution < 1.29 is 14.2 Å². The van der Waals surface area contributed by atoms with Gasteiger partial charge >= 0.3 is 0 Å². The Balaban J connectivity index is 1.80. The highest BCUT2D eigenvalue weighted by Crippen LogP contribution is 2.38. The number of fused-ring (bicyclic) bond motifs is 1. The maximum atomic E-state index is 5.89. The van der Waals surface area contributed by atoms with Crippen LogP contribution in [0, 0.1) is 6.92 Å². The zero-order chi connectivity index (χ0) is 13.9. The molecule has 2 heterocycles. The van der Waals surface area contributed by atoms with Gasteiger partial charge in [-0.2, -0.15) is 0 Å². The van der Waals surface area contributed by atoms with Gasteiger partial charge in [-0.05, 0) is 20.0 Å². The molecule has 0 bridgehead atoms. The van der Waals surface area contributed by atoms with E-state index in [0.29, 0.717) is 13.2 Å². The van der Waals surface area contributed by atoms with Crippen molar-refractivity contribution in [2.24, 2.45) is 0 Å². The van der Waals surface area contributed by atoms with Crippen molar-refractivity contribution in [2.75, 3.05) is 13.8 Å². The maximum absolute atomic E-state index is 5.89. The summed E-state index contributed by atoms with van der Waals surface area (Å²) in [5.74, 6) is 2.30. The molecule has 0 amide bonds. The van der Waals surface area contributed by atoms with E-state index in [0.717, 1.165) is 33.5 Å². The summed E-state index contributed by atoms with van der Waals surface area (Å²) in [7, 11) is 1.90. The lowest BCUT2D eigenvalue weighted by atomic mass is 10.1. The highest BCUT2D eigenvalue weighted by Gasteiger charge is 2.18. The normalized spacial score (nSPS) is 12.7. The lowest BCUT2D eigenvalue weighted by molar-refractivity contribution is 0.173. The predicted octanol–water partition coefficient (Wildman–Crippen LogP) is 2.48. The highest BCUT2D eigenvalue weighted by molar-refractivity contribution is 7.09. The summed E-state index contributed by atoms with van der Waals surface area (Å²) >= 11 is 1.61. The summed E-state index contributed by atoms with van der Waals surface area (Å²) in [5.41, 5.74) is 2.07. The summed E-state index contributed by atoms with van der Waals surface area (Å²) in [6.45, 7) is 3.42. The van der Waals surface area contributed by atoms with E-state index in [2.05, 4.69) is 10.3 Å². The third-order valence-corrected chi connectivity index (χ3v) is 3.88. The summed E-state index contributed by atoms with van der Waals surface area (Å²) in [6, 6.07) is 3.84. The molecule has 1 N–H and O–H groups in total. The van der Waals surface area contributed by atoms with Crippen molar-refractivity contribution in [3.05, 3.63) is 33.8 Å². The second-order valence-electron chi connectivity index (χ2n) is 4.51. The molecule has 1 aromatic carbocycles. The Hall–Kier alpha value is -1.79. The molecule has 1 aliphatic heterocycles. The Kier molecular flexibility index (Phi) is 3.75. The molecule has 2 aromatic rings. The number of rotatable bonds is 5. The van der Waals surface area contributed by atoms with E-state index in [4.69, 9.17) is 14.2 Å². The number of ether oxygens (including phenoxy) is 3. The van der Waals surface area contributed by atoms with Crippen molar-refractivity contribution in [3.8, 4) is 17.2 Å². The molecule has 0 saturated carbocycles. The van der Waals surface area contributed by atoms with Crippen LogP contribution in [-0.2, 0) is 13.2 Å². The van der Waals surface area contributed by atoms with E-state index in [-0.39, 0.29) is 6.79 Å². The number of nitrogens with one attached hydrogen (secondary N) is 1. The van der Waals surface area contributed by atoms with Crippen LogP contribution in [-0.4, -0.2) is 18.8 Å². The van der Waals surface area contributed by atoms with Crippen molar-refractivity contribution in [1.29, 1.82) is 0 Å². The first-order chi connectivity index (χ1) is 9.76. The van der Waals surface area contributed by atoms with Crippen molar-refractivity contribution in [2.45, 2.75) is 20.1 Å². The Morgan fingerprint density at radius 3 is 2.85 bits per heavy atom. The van der Waals surface area contributed by atoms with Gasteiger partial charge in [-0.1, -0.05) is 0 Å². The minimum Gasteiger partial charge on any atom is -0.486 e. The minimum atomic E-state index is 0.267. The van der Waals surface area contributed by atoms with Gasteiger partial charge in [0.05, 0.1) is 0 Å². The molecular formula is C14H16N2O3S. The van der Waals surface area contributed by atoms with Gasteiger partial charge in [0, 0.05) is 29.2 Å². The van der Waals surface area contributed by atoms with Crippen LogP contribution in [0.5, 0.6) is 17.2 Å². The van der Waals surface area contributed by atoms with Gasteiger partial charge in [0.2, 0.25) is 6.79 Å². The third kappa shape index (κ3) is 2.71. The first-order valence-corrected chi connectivity index (χ1v) is 7.25. The summed E-state index contributed by atoms with van der Waals surface area (Å²) in [5, 5.41) is 6.12. The van der Waals surface area contributed by atoms with Crippen molar-refractivity contribution >= 4 is 11.3 Å². The lowest BCUT2D eigenvalue weighted by Crippen LogP contribution is -2.07. The summed E-state index contributed by atoms with van der Waals surface area (Å²) < 4.78 is 16.7. The molecule has 0 spiro atoms. The average Bonchev–Trinajstić information content (AvgIpc) is 3.04. The van der Waals surface area contributed by atoms with Gasteiger partial charge < -0.3 is 19.5 Å². The first-order valence-electron chi connectivity index (χ1n) is 6.37. The molecule has 0 unspecified atom stereocenters. The molecular weight excluding hydrogens is 276 g/mol. The number of aromatic nitrogens is 1. The second-order valence-corrected chi connectivity index (χ2v) is 5.46. The van der Waals surface area contributed by atoms with Crippen LogP contribution in [0.25, 0.3) is 0 Å². The Labute approximate surface area is 121 Å². The van der Waals surface area contributed by atoms with Gasteiger partial charge in [0.15, 0.2) is 11.5 Å². The number of aryl methyl sites for hydroxylation is 1. The monoisotopic (exact) mass is 292 g/mol. The Morgan fingerprint density at radius 2 is 2.15 bits per heavy atom. The number of nitrogens with zero attached hydrogens (tertiary/aromatic N) is 1. The quantitative estimate of drug-likeness (QED) is 0.917. The van der Waals surface area contributed by atoms with E-state index < -0.39 is 0 Å². The number of thiazole rings is 1. The molecule has 20 heavy (non-hydrogen) atoms. The van der Waals surface area contributed by atoms with E-state index in [1.807, 2.05) is 31.5 Å². The van der Waals surface area contributed by atoms with Gasteiger partial charge in [-0.25, -0.2) is 4.98 Å². The molecule has 5 nitrogen and oxygen atoms in total. The molecule has 0 aliphatic carbocycles. The van der Waals surface area contributed by atoms with Crippen LogP contribution in [0.2, 0.25) is 0 Å². The number of hydrogen-bond donors (Lipinski definition) is 1. The lowest BCUT2D eigenvalue weighted by Gasteiger charge is -2.11. The van der Waals surface area contributed by atoms with Crippen LogP contribution in [0.1, 0.15) is 16.3 Å². The molecule has 0 radical (unpaired) electrons.